The van der Waals surface area contributed by atoms with Crippen molar-refractivity contribution < 1.29 is 9.53 Å². The van der Waals surface area contributed by atoms with Crippen molar-refractivity contribution in [2.45, 2.75) is 91.0 Å². The first-order valence-corrected chi connectivity index (χ1v) is 10.6. The van der Waals surface area contributed by atoms with Gasteiger partial charge in [0, 0.05) is 6.61 Å². The summed E-state index contributed by atoms with van der Waals surface area (Å²) in [7, 11) is -1.57. The zero-order chi connectivity index (χ0) is 15.3. The molecule has 0 fully saturated rings. The number of hydrogen-bond donors (Lipinski definition) is 1. The Morgan fingerprint density at radius 2 is 1.58 bits per heavy atom. The molecule has 0 aromatic heterocycles. The van der Waals surface area contributed by atoms with Crippen molar-refractivity contribution in [3.63, 3.8) is 0 Å². The van der Waals surface area contributed by atoms with Crippen LogP contribution >= 0.6 is 0 Å². The topological polar surface area (TPSA) is 29.5 Å². The predicted octanol–water partition coefficient (Wildman–Crippen LogP) is 4.98. The van der Waals surface area contributed by atoms with E-state index in [1.54, 1.807) is 0 Å². The Balaban J connectivity index is 3.84. The average molecular weight is 289 g/mol. The Morgan fingerprint density at radius 3 is 2.00 bits per heavy atom. The first-order chi connectivity index (χ1) is 8.35. The molecular formula is C16H36O2Si. The summed E-state index contributed by atoms with van der Waals surface area (Å²) in [5.74, 6) is 0.687. The maximum atomic E-state index is 9.68. The van der Waals surface area contributed by atoms with Gasteiger partial charge in [-0.3, -0.25) is 0 Å². The summed E-state index contributed by atoms with van der Waals surface area (Å²) in [5, 5.41) is 9.99. The van der Waals surface area contributed by atoms with Gasteiger partial charge in [0.25, 0.3) is 0 Å². The number of rotatable bonds is 8. The second kappa shape index (κ2) is 7.23. The third kappa shape index (κ3) is 8.82. The molecule has 0 aromatic carbocycles. The van der Waals surface area contributed by atoms with Gasteiger partial charge in [0.05, 0.1) is 5.60 Å². The molecule has 0 rings (SSSR count). The minimum Gasteiger partial charge on any atom is -0.417 e. The van der Waals surface area contributed by atoms with Crippen molar-refractivity contribution in [2.75, 3.05) is 6.61 Å². The fourth-order valence-corrected chi connectivity index (χ4v) is 2.82. The Kier molecular flexibility index (Phi) is 7.28. The van der Waals surface area contributed by atoms with Crippen LogP contribution in [-0.2, 0) is 4.43 Å². The van der Waals surface area contributed by atoms with E-state index >= 15 is 0 Å². The molecule has 1 unspecified atom stereocenters. The van der Waals surface area contributed by atoms with Crippen molar-refractivity contribution in [1.29, 1.82) is 0 Å². The van der Waals surface area contributed by atoms with Gasteiger partial charge in [-0.25, -0.2) is 0 Å². The van der Waals surface area contributed by atoms with Crippen LogP contribution in [0, 0.1) is 5.92 Å². The summed E-state index contributed by atoms with van der Waals surface area (Å²) in [6.07, 6.45) is 4.31. The second-order valence-electron chi connectivity index (χ2n) is 8.21. The maximum Gasteiger partial charge on any atom is 0.191 e. The second-order valence-corrected chi connectivity index (χ2v) is 13.0. The van der Waals surface area contributed by atoms with Crippen LogP contribution in [0.25, 0.3) is 0 Å². The van der Waals surface area contributed by atoms with E-state index in [0.717, 1.165) is 25.9 Å². The lowest BCUT2D eigenvalue weighted by molar-refractivity contribution is 0.0667. The van der Waals surface area contributed by atoms with Gasteiger partial charge in [-0.15, -0.1) is 0 Å². The van der Waals surface area contributed by atoms with Crippen LogP contribution < -0.4 is 0 Å². The summed E-state index contributed by atoms with van der Waals surface area (Å²) in [5.41, 5.74) is -0.517. The summed E-state index contributed by atoms with van der Waals surface area (Å²) in [6, 6.07) is 0. The molecule has 0 amide bonds. The first-order valence-electron chi connectivity index (χ1n) is 7.71. The first kappa shape index (κ1) is 19.1. The van der Waals surface area contributed by atoms with Gasteiger partial charge in [-0.2, -0.15) is 0 Å². The van der Waals surface area contributed by atoms with Crippen LogP contribution in [0.1, 0.15) is 67.2 Å². The molecule has 0 radical (unpaired) electrons. The van der Waals surface area contributed by atoms with E-state index in [1.807, 2.05) is 13.8 Å². The van der Waals surface area contributed by atoms with Crippen LogP contribution in [0.2, 0.25) is 18.1 Å². The maximum absolute atomic E-state index is 9.68. The number of aliphatic hydroxyl groups is 1. The van der Waals surface area contributed by atoms with Gasteiger partial charge < -0.3 is 9.53 Å². The van der Waals surface area contributed by atoms with Gasteiger partial charge >= 0.3 is 0 Å². The highest BCUT2D eigenvalue weighted by molar-refractivity contribution is 6.74. The van der Waals surface area contributed by atoms with E-state index in [1.165, 1.54) is 6.42 Å². The normalized spacial score (nSPS) is 15.6. The molecule has 1 N–H and O–H groups in total. The predicted molar refractivity (Wildman–Crippen MR) is 87.1 cm³/mol. The largest absolute Gasteiger partial charge is 0.417 e. The standard InChI is InChI=1S/C16H36O2Si/c1-14(10-9-12-16(5,6)17)11-13-18-19(7,8)15(2,3)4/h14,17H,9-13H2,1-8H3. The van der Waals surface area contributed by atoms with Crippen LogP contribution in [0.3, 0.4) is 0 Å². The van der Waals surface area contributed by atoms with Crippen molar-refractivity contribution in [2.24, 2.45) is 5.92 Å². The van der Waals surface area contributed by atoms with Gasteiger partial charge in [-0.05, 0) is 50.7 Å². The van der Waals surface area contributed by atoms with E-state index in [2.05, 4.69) is 40.8 Å². The number of hydrogen-bond acceptors (Lipinski definition) is 2. The molecule has 0 spiro atoms. The Labute approximate surface area is 122 Å². The van der Waals surface area contributed by atoms with Crippen molar-refractivity contribution in [1.82, 2.24) is 0 Å². The Morgan fingerprint density at radius 1 is 1.05 bits per heavy atom. The molecule has 0 aromatic rings. The van der Waals surface area contributed by atoms with Crippen LogP contribution in [0.5, 0.6) is 0 Å². The van der Waals surface area contributed by atoms with Crippen LogP contribution in [-0.4, -0.2) is 25.6 Å². The molecular weight excluding hydrogens is 252 g/mol. The van der Waals surface area contributed by atoms with Crippen molar-refractivity contribution >= 4 is 8.32 Å². The van der Waals surface area contributed by atoms with Crippen LogP contribution in [0.4, 0.5) is 0 Å². The highest BCUT2D eigenvalue weighted by atomic mass is 28.4. The third-order valence-electron chi connectivity index (χ3n) is 4.37. The Hall–Kier alpha value is 0.137. The lowest BCUT2D eigenvalue weighted by Gasteiger charge is -2.36. The van der Waals surface area contributed by atoms with E-state index in [-0.39, 0.29) is 0 Å². The van der Waals surface area contributed by atoms with E-state index in [0.29, 0.717) is 11.0 Å². The molecule has 0 aliphatic rings. The molecule has 0 saturated heterocycles. The third-order valence-corrected chi connectivity index (χ3v) is 8.90. The molecule has 3 heteroatoms. The monoisotopic (exact) mass is 288 g/mol. The molecule has 0 aliphatic heterocycles. The smallest absolute Gasteiger partial charge is 0.191 e. The average Bonchev–Trinajstić information content (AvgIpc) is 2.13. The van der Waals surface area contributed by atoms with Gasteiger partial charge in [0.1, 0.15) is 0 Å². The van der Waals surface area contributed by atoms with Gasteiger partial charge in [0.2, 0.25) is 0 Å². The molecule has 2 nitrogen and oxygen atoms in total. The molecule has 0 aliphatic carbocycles. The minimum atomic E-state index is -1.57. The highest BCUT2D eigenvalue weighted by Gasteiger charge is 2.36. The summed E-state index contributed by atoms with van der Waals surface area (Å²) in [4.78, 5) is 0. The zero-order valence-corrected chi connectivity index (χ0v) is 15.5. The van der Waals surface area contributed by atoms with Crippen molar-refractivity contribution in [3.05, 3.63) is 0 Å². The van der Waals surface area contributed by atoms with Gasteiger partial charge in [-0.1, -0.05) is 40.5 Å². The van der Waals surface area contributed by atoms with Crippen molar-refractivity contribution in [3.8, 4) is 0 Å². The fraction of sp³-hybridized carbons (Fsp3) is 1.00. The Bertz CT molecular complexity index is 248. The highest BCUT2D eigenvalue weighted by Crippen LogP contribution is 2.36. The summed E-state index contributed by atoms with van der Waals surface area (Å²) >= 11 is 0. The molecule has 0 heterocycles. The van der Waals surface area contributed by atoms with Gasteiger partial charge in [0.15, 0.2) is 8.32 Å². The molecule has 0 bridgehead atoms. The van der Waals surface area contributed by atoms with E-state index in [9.17, 15) is 5.11 Å². The van der Waals surface area contributed by atoms with E-state index in [4.69, 9.17) is 4.43 Å². The lowest BCUT2D eigenvalue weighted by atomic mass is 9.95. The fourth-order valence-electron chi connectivity index (χ4n) is 1.76. The van der Waals surface area contributed by atoms with Crippen LogP contribution in [0.15, 0.2) is 0 Å². The molecule has 116 valence electrons. The molecule has 0 saturated carbocycles. The molecule has 19 heavy (non-hydrogen) atoms. The minimum absolute atomic E-state index is 0.303. The molecule has 1 atom stereocenters. The SMILES string of the molecule is CC(CCCC(C)(C)O)CCO[Si](C)(C)C(C)(C)C. The van der Waals surface area contributed by atoms with E-state index < -0.39 is 13.9 Å². The zero-order valence-electron chi connectivity index (χ0n) is 14.5. The summed E-state index contributed by atoms with van der Waals surface area (Å²) in [6.45, 7) is 18.4. The summed E-state index contributed by atoms with van der Waals surface area (Å²) < 4.78 is 6.20. The lowest BCUT2D eigenvalue weighted by Crippen LogP contribution is -2.41. The quantitative estimate of drug-likeness (QED) is 0.639.